The molecule has 0 aliphatic heterocycles. The van der Waals surface area contributed by atoms with Crippen LogP contribution in [0.2, 0.25) is 0 Å². The third-order valence-electron chi connectivity index (χ3n) is 5.30. The molecule has 29 heavy (non-hydrogen) atoms. The molecule has 0 bridgehead atoms. The van der Waals surface area contributed by atoms with Crippen LogP contribution < -0.4 is 5.43 Å². The summed E-state index contributed by atoms with van der Waals surface area (Å²) in [6.45, 7) is 0. The second kappa shape index (κ2) is 7.40. The molecule has 5 rings (SSSR count). The van der Waals surface area contributed by atoms with Crippen molar-refractivity contribution in [1.82, 2.24) is 0 Å². The van der Waals surface area contributed by atoms with Crippen molar-refractivity contribution in [2.24, 2.45) is 0 Å². The van der Waals surface area contributed by atoms with Crippen LogP contribution in [0.25, 0.3) is 21.9 Å². The number of rotatable bonds is 4. The average Bonchev–Trinajstić information content (AvgIpc) is 2.76. The molecule has 4 aromatic carbocycles. The lowest BCUT2D eigenvalue weighted by Gasteiger charge is -2.07. The predicted molar refractivity (Wildman–Crippen MR) is 118 cm³/mol. The van der Waals surface area contributed by atoms with Crippen LogP contribution in [0.5, 0.6) is 0 Å². The first kappa shape index (κ1) is 17.4. The fourth-order valence-electron chi connectivity index (χ4n) is 3.83. The molecule has 0 atom stereocenters. The van der Waals surface area contributed by atoms with Gasteiger partial charge in [0.05, 0.1) is 10.8 Å². The Morgan fingerprint density at radius 2 is 1.10 bits per heavy atom. The van der Waals surface area contributed by atoms with Crippen molar-refractivity contribution in [3.8, 4) is 0 Å². The van der Waals surface area contributed by atoms with Gasteiger partial charge in [-0.25, -0.2) is 0 Å². The van der Waals surface area contributed by atoms with E-state index in [0.29, 0.717) is 21.9 Å². The average molecular weight is 376 g/mol. The molecule has 0 radical (unpaired) electrons. The zero-order chi connectivity index (χ0) is 19.6. The first-order chi connectivity index (χ1) is 14.3. The van der Waals surface area contributed by atoms with E-state index in [0.717, 1.165) is 24.0 Å². The van der Waals surface area contributed by atoms with E-state index in [2.05, 4.69) is 24.3 Å². The highest BCUT2D eigenvalue weighted by Gasteiger charge is 2.10. The van der Waals surface area contributed by atoms with Crippen LogP contribution in [0.15, 0.2) is 106 Å². The van der Waals surface area contributed by atoms with Gasteiger partial charge in [0.15, 0.2) is 0 Å². The maximum Gasteiger partial charge on any atom is 0.200 e. The summed E-state index contributed by atoms with van der Waals surface area (Å²) in [7, 11) is 0. The van der Waals surface area contributed by atoms with Gasteiger partial charge >= 0.3 is 0 Å². The number of fused-ring (bicyclic) bond motifs is 2. The van der Waals surface area contributed by atoms with Crippen LogP contribution in [-0.4, -0.2) is 0 Å². The van der Waals surface area contributed by atoms with E-state index in [1.807, 2.05) is 72.8 Å². The van der Waals surface area contributed by atoms with E-state index >= 15 is 0 Å². The zero-order valence-electron chi connectivity index (χ0n) is 16.0. The van der Waals surface area contributed by atoms with Gasteiger partial charge in [-0.1, -0.05) is 72.8 Å². The van der Waals surface area contributed by atoms with Crippen LogP contribution in [0.3, 0.4) is 0 Å². The Balaban J connectivity index is 1.54. The molecule has 0 aliphatic rings. The highest BCUT2D eigenvalue weighted by molar-refractivity contribution is 5.90. The van der Waals surface area contributed by atoms with Gasteiger partial charge in [-0.15, -0.1) is 0 Å². The molecule has 0 saturated carbocycles. The molecule has 2 heteroatoms. The van der Waals surface area contributed by atoms with E-state index in [1.54, 1.807) is 0 Å². The molecule has 0 spiro atoms. The quantitative estimate of drug-likeness (QED) is 0.353. The smallest absolute Gasteiger partial charge is 0.200 e. The normalized spacial score (nSPS) is 11.2. The Hall–Kier alpha value is -3.65. The molecule has 140 valence electrons. The van der Waals surface area contributed by atoms with Gasteiger partial charge in [0.2, 0.25) is 5.43 Å². The Bertz CT molecular complexity index is 1350. The Morgan fingerprint density at radius 1 is 0.517 bits per heavy atom. The molecule has 5 aromatic rings. The maximum atomic E-state index is 13.1. The SMILES string of the molecule is O=c1c2ccc(Cc3ccccc3)cc2oc2ccc(Cc3ccccc3)cc12. The molecule has 0 fully saturated rings. The van der Waals surface area contributed by atoms with Gasteiger partial charge in [-0.3, -0.25) is 4.79 Å². The minimum absolute atomic E-state index is 0.0300. The summed E-state index contributed by atoms with van der Waals surface area (Å²) in [6.07, 6.45) is 1.61. The highest BCUT2D eigenvalue weighted by Crippen LogP contribution is 2.23. The van der Waals surface area contributed by atoms with Gasteiger partial charge < -0.3 is 4.42 Å². The fourth-order valence-corrected chi connectivity index (χ4v) is 3.83. The summed E-state index contributed by atoms with van der Waals surface area (Å²) in [6, 6.07) is 32.4. The maximum absolute atomic E-state index is 13.1. The van der Waals surface area contributed by atoms with Crippen LogP contribution in [0.4, 0.5) is 0 Å². The molecular formula is C27H20O2. The lowest BCUT2D eigenvalue weighted by Crippen LogP contribution is -2.03. The molecule has 0 unspecified atom stereocenters. The Kier molecular flexibility index (Phi) is 4.45. The van der Waals surface area contributed by atoms with Gasteiger partial charge in [0.1, 0.15) is 11.2 Å². The van der Waals surface area contributed by atoms with Crippen molar-refractivity contribution in [1.29, 1.82) is 0 Å². The molecule has 0 amide bonds. The molecule has 1 aromatic heterocycles. The molecule has 0 aliphatic carbocycles. The predicted octanol–water partition coefficient (Wildman–Crippen LogP) is 6.13. The third kappa shape index (κ3) is 3.57. The summed E-state index contributed by atoms with van der Waals surface area (Å²) in [4.78, 5) is 13.1. The van der Waals surface area contributed by atoms with Crippen molar-refractivity contribution in [3.63, 3.8) is 0 Å². The summed E-state index contributed by atoms with van der Waals surface area (Å²) in [5, 5.41) is 1.27. The van der Waals surface area contributed by atoms with Crippen LogP contribution >= 0.6 is 0 Å². The van der Waals surface area contributed by atoms with E-state index in [1.165, 1.54) is 11.1 Å². The van der Waals surface area contributed by atoms with E-state index in [4.69, 9.17) is 4.42 Å². The number of hydrogen-bond donors (Lipinski definition) is 0. The van der Waals surface area contributed by atoms with E-state index in [-0.39, 0.29) is 5.43 Å². The summed E-state index contributed by atoms with van der Waals surface area (Å²) >= 11 is 0. The first-order valence-corrected chi connectivity index (χ1v) is 9.82. The van der Waals surface area contributed by atoms with Gasteiger partial charge in [0.25, 0.3) is 0 Å². The minimum Gasteiger partial charge on any atom is -0.456 e. The second-order valence-corrected chi connectivity index (χ2v) is 7.42. The van der Waals surface area contributed by atoms with E-state index < -0.39 is 0 Å². The van der Waals surface area contributed by atoms with Crippen LogP contribution in [0, 0.1) is 0 Å². The largest absolute Gasteiger partial charge is 0.456 e. The molecular weight excluding hydrogens is 356 g/mol. The van der Waals surface area contributed by atoms with Crippen molar-refractivity contribution >= 4 is 21.9 Å². The van der Waals surface area contributed by atoms with Gasteiger partial charge in [-0.2, -0.15) is 0 Å². The summed E-state index contributed by atoms with van der Waals surface area (Å²) in [5.74, 6) is 0. The lowest BCUT2D eigenvalue weighted by atomic mass is 10.0. The second-order valence-electron chi connectivity index (χ2n) is 7.42. The standard InChI is InChI=1S/C27H20O2/c28-27-23-13-11-22(16-20-9-5-2-6-10-20)18-26(23)29-25-14-12-21(17-24(25)27)15-19-7-3-1-4-8-19/h1-14,17-18H,15-16H2. The number of hydrogen-bond acceptors (Lipinski definition) is 2. The summed E-state index contributed by atoms with van der Waals surface area (Å²) in [5.41, 5.74) is 6.01. The Labute approximate surface area is 169 Å². The summed E-state index contributed by atoms with van der Waals surface area (Å²) < 4.78 is 6.11. The topological polar surface area (TPSA) is 30.2 Å². The molecule has 0 saturated heterocycles. The first-order valence-electron chi connectivity index (χ1n) is 9.82. The molecule has 1 heterocycles. The van der Waals surface area contributed by atoms with E-state index in [9.17, 15) is 4.79 Å². The van der Waals surface area contributed by atoms with Crippen molar-refractivity contribution in [2.45, 2.75) is 12.8 Å². The zero-order valence-corrected chi connectivity index (χ0v) is 16.0. The highest BCUT2D eigenvalue weighted by atomic mass is 16.3. The lowest BCUT2D eigenvalue weighted by molar-refractivity contribution is 0.659. The van der Waals surface area contributed by atoms with Crippen molar-refractivity contribution in [2.75, 3.05) is 0 Å². The fraction of sp³-hybridized carbons (Fsp3) is 0.0741. The van der Waals surface area contributed by atoms with Crippen LogP contribution in [0.1, 0.15) is 22.3 Å². The van der Waals surface area contributed by atoms with Gasteiger partial charge in [-0.05, 0) is 59.4 Å². The van der Waals surface area contributed by atoms with Crippen molar-refractivity contribution in [3.05, 3.63) is 130 Å². The molecule has 0 N–H and O–H groups in total. The van der Waals surface area contributed by atoms with Gasteiger partial charge in [0, 0.05) is 0 Å². The van der Waals surface area contributed by atoms with Crippen LogP contribution in [-0.2, 0) is 12.8 Å². The number of benzene rings is 4. The Morgan fingerprint density at radius 3 is 1.76 bits per heavy atom. The minimum atomic E-state index is 0.0300. The monoisotopic (exact) mass is 376 g/mol. The third-order valence-corrected chi connectivity index (χ3v) is 5.30. The molecule has 2 nitrogen and oxygen atoms in total. The van der Waals surface area contributed by atoms with Crippen molar-refractivity contribution < 1.29 is 4.42 Å².